The number of benzene rings is 2. The second-order valence-corrected chi connectivity index (χ2v) is 4.60. The maximum Gasteiger partial charge on any atom is 0.194 e. The average molecular weight is 305 g/mol. The van der Waals surface area contributed by atoms with Crippen LogP contribution in [0.1, 0.15) is 26.3 Å². The molecule has 0 heterocycles. The summed E-state index contributed by atoms with van der Waals surface area (Å²) in [5.74, 6) is 0.692. The van der Waals surface area contributed by atoms with Crippen LogP contribution in [0.5, 0.6) is 11.5 Å². The van der Waals surface area contributed by atoms with E-state index in [0.29, 0.717) is 23.3 Å². The maximum atomic E-state index is 12.5. The van der Waals surface area contributed by atoms with Gasteiger partial charge in [0.1, 0.15) is 0 Å². The summed E-state index contributed by atoms with van der Waals surface area (Å²) >= 11 is 6.08. The molecule has 0 spiro atoms. The first-order chi connectivity index (χ1) is 10.1. The lowest BCUT2D eigenvalue weighted by Crippen LogP contribution is -2.04. The lowest BCUT2D eigenvalue weighted by molar-refractivity contribution is 0.103. The highest BCUT2D eigenvalue weighted by atomic mass is 35.5. The van der Waals surface area contributed by atoms with E-state index in [0.717, 1.165) is 0 Å². The normalized spacial score (nSPS) is 10.0. The Morgan fingerprint density at radius 3 is 2.43 bits per heavy atom. The maximum absolute atomic E-state index is 12.5. The minimum absolute atomic E-state index is 0.146. The van der Waals surface area contributed by atoms with Crippen molar-refractivity contribution < 1.29 is 19.1 Å². The predicted molar refractivity (Wildman–Crippen MR) is 79.8 cm³/mol. The number of aldehydes is 1. The Kier molecular flexibility index (Phi) is 4.60. The second-order valence-electron chi connectivity index (χ2n) is 4.23. The number of ether oxygens (including phenoxy) is 2. The largest absolute Gasteiger partial charge is 0.493 e. The van der Waals surface area contributed by atoms with E-state index in [2.05, 4.69) is 0 Å². The summed E-state index contributed by atoms with van der Waals surface area (Å²) in [6.45, 7) is 0. The van der Waals surface area contributed by atoms with Crippen LogP contribution in [-0.4, -0.2) is 26.3 Å². The number of ketones is 1. The van der Waals surface area contributed by atoms with Crippen molar-refractivity contribution in [3.05, 3.63) is 58.1 Å². The van der Waals surface area contributed by atoms with Crippen LogP contribution in [0.25, 0.3) is 0 Å². The molecule has 0 saturated heterocycles. The fraction of sp³-hybridized carbons (Fsp3) is 0.125. The summed E-state index contributed by atoms with van der Waals surface area (Å²) in [6.07, 6.45) is 0.619. The number of methoxy groups -OCH3 is 2. The molecule has 0 radical (unpaired) electrons. The smallest absolute Gasteiger partial charge is 0.194 e. The molecule has 2 rings (SSSR count). The van der Waals surface area contributed by atoms with Gasteiger partial charge < -0.3 is 9.47 Å². The van der Waals surface area contributed by atoms with Gasteiger partial charge in [0, 0.05) is 16.7 Å². The van der Waals surface area contributed by atoms with E-state index in [9.17, 15) is 9.59 Å². The van der Waals surface area contributed by atoms with Gasteiger partial charge in [-0.05, 0) is 24.3 Å². The van der Waals surface area contributed by atoms with E-state index in [-0.39, 0.29) is 21.9 Å². The van der Waals surface area contributed by atoms with Gasteiger partial charge in [0.25, 0.3) is 0 Å². The first kappa shape index (κ1) is 15.1. The molecule has 0 aliphatic carbocycles. The fourth-order valence-electron chi connectivity index (χ4n) is 1.95. The Morgan fingerprint density at radius 2 is 1.81 bits per heavy atom. The molecule has 2 aromatic rings. The molecule has 0 unspecified atom stereocenters. The van der Waals surface area contributed by atoms with Gasteiger partial charge >= 0.3 is 0 Å². The van der Waals surface area contributed by atoms with Crippen LogP contribution in [0, 0.1) is 0 Å². The van der Waals surface area contributed by atoms with Crippen molar-refractivity contribution >= 4 is 23.7 Å². The molecular weight excluding hydrogens is 292 g/mol. The van der Waals surface area contributed by atoms with E-state index in [1.807, 2.05) is 0 Å². The van der Waals surface area contributed by atoms with Crippen LogP contribution in [0.3, 0.4) is 0 Å². The highest BCUT2D eigenvalue weighted by molar-refractivity contribution is 6.37. The highest BCUT2D eigenvalue weighted by Crippen LogP contribution is 2.30. The molecule has 21 heavy (non-hydrogen) atoms. The summed E-state index contributed by atoms with van der Waals surface area (Å²) in [6, 6.07) is 9.58. The Morgan fingerprint density at radius 1 is 1.10 bits per heavy atom. The third kappa shape index (κ3) is 2.90. The summed E-state index contributed by atoms with van der Waals surface area (Å²) < 4.78 is 10.3. The topological polar surface area (TPSA) is 52.6 Å². The molecule has 0 fully saturated rings. The van der Waals surface area contributed by atoms with Crippen molar-refractivity contribution in [3.63, 3.8) is 0 Å². The second kappa shape index (κ2) is 6.41. The van der Waals surface area contributed by atoms with Crippen LogP contribution in [0.4, 0.5) is 0 Å². The molecule has 0 aliphatic rings. The zero-order chi connectivity index (χ0) is 15.4. The van der Waals surface area contributed by atoms with E-state index in [1.54, 1.807) is 36.4 Å². The van der Waals surface area contributed by atoms with Gasteiger partial charge in [-0.1, -0.05) is 23.7 Å². The predicted octanol–water partition coefficient (Wildman–Crippen LogP) is 3.40. The standard InChI is InChI=1S/C16H13ClO4/c1-20-13-7-6-10(8-14(13)21-2)16(19)12-5-3-4-11(9-18)15(12)17/h3-9H,1-2H3. The molecule has 4 nitrogen and oxygen atoms in total. The van der Waals surface area contributed by atoms with E-state index >= 15 is 0 Å². The lowest BCUT2D eigenvalue weighted by atomic mass is 10.0. The fourth-order valence-corrected chi connectivity index (χ4v) is 2.21. The quantitative estimate of drug-likeness (QED) is 0.627. The summed E-state index contributed by atoms with van der Waals surface area (Å²) in [5, 5.41) is 0.146. The monoisotopic (exact) mass is 304 g/mol. The Labute approximate surface area is 127 Å². The van der Waals surface area contributed by atoms with Crippen LogP contribution in [0.15, 0.2) is 36.4 Å². The van der Waals surface area contributed by atoms with Crippen LogP contribution < -0.4 is 9.47 Å². The molecule has 2 aromatic carbocycles. The van der Waals surface area contributed by atoms with E-state index < -0.39 is 0 Å². The summed E-state index contributed by atoms with van der Waals surface area (Å²) in [4.78, 5) is 23.4. The number of hydrogen-bond donors (Lipinski definition) is 0. The first-order valence-corrected chi connectivity index (χ1v) is 6.50. The highest BCUT2D eigenvalue weighted by Gasteiger charge is 2.17. The SMILES string of the molecule is COc1ccc(C(=O)c2cccc(C=O)c2Cl)cc1OC. The van der Waals surface area contributed by atoms with Gasteiger partial charge in [0.05, 0.1) is 19.2 Å². The zero-order valence-electron chi connectivity index (χ0n) is 11.6. The zero-order valence-corrected chi connectivity index (χ0v) is 12.3. The Hall–Kier alpha value is -2.33. The van der Waals surface area contributed by atoms with Gasteiger partial charge in [-0.3, -0.25) is 9.59 Å². The van der Waals surface area contributed by atoms with Gasteiger partial charge in [-0.15, -0.1) is 0 Å². The summed E-state index contributed by atoms with van der Waals surface area (Å²) in [5.41, 5.74) is 0.953. The van der Waals surface area contributed by atoms with Crippen LogP contribution in [-0.2, 0) is 0 Å². The number of rotatable bonds is 5. The molecule has 0 atom stereocenters. The van der Waals surface area contributed by atoms with E-state index in [1.165, 1.54) is 14.2 Å². The molecule has 108 valence electrons. The van der Waals surface area contributed by atoms with Crippen molar-refractivity contribution in [2.75, 3.05) is 14.2 Å². The van der Waals surface area contributed by atoms with Crippen LogP contribution in [0.2, 0.25) is 5.02 Å². The minimum Gasteiger partial charge on any atom is -0.493 e. The van der Waals surface area contributed by atoms with Crippen molar-refractivity contribution in [3.8, 4) is 11.5 Å². The molecule has 0 aromatic heterocycles. The molecular formula is C16H13ClO4. The summed E-state index contributed by atoms with van der Waals surface area (Å²) in [7, 11) is 3.01. The number of halogens is 1. The molecule has 5 heteroatoms. The van der Waals surface area contributed by atoms with Gasteiger partial charge in [0.15, 0.2) is 23.6 Å². The molecule has 0 saturated carbocycles. The van der Waals surface area contributed by atoms with Crippen molar-refractivity contribution in [2.24, 2.45) is 0 Å². The third-order valence-electron chi connectivity index (χ3n) is 3.05. The number of carbonyl (C=O) groups excluding carboxylic acids is 2. The van der Waals surface area contributed by atoms with Gasteiger partial charge in [-0.2, -0.15) is 0 Å². The average Bonchev–Trinajstić information content (AvgIpc) is 2.53. The van der Waals surface area contributed by atoms with E-state index in [4.69, 9.17) is 21.1 Å². The molecule has 0 N–H and O–H groups in total. The molecule has 0 bridgehead atoms. The Balaban J connectivity index is 2.48. The first-order valence-electron chi connectivity index (χ1n) is 6.12. The van der Waals surface area contributed by atoms with Gasteiger partial charge in [-0.25, -0.2) is 0 Å². The lowest BCUT2D eigenvalue weighted by Gasteiger charge is -2.10. The van der Waals surface area contributed by atoms with Gasteiger partial charge in [0.2, 0.25) is 0 Å². The van der Waals surface area contributed by atoms with Crippen LogP contribution >= 0.6 is 11.6 Å². The number of hydrogen-bond acceptors (Lipinski definition) is 4. The van der Waals surface area contributed by atoms with Crippen molar-refractivity contribution in [2.45, 2.75) is 0 Å². The Bertz CT molecular complexity index is 695. The minimum atomic E-state index is -0.287. The number of carbonyl (C=O) groups is 2. The molecule has 0 amide bonds. The molecule has 0 aliphatic heterocycles. The van der Waals surface area contributed by atoms with Crippen molar-refractivity contribution in [1.82, 2.24) is 0 Å². The third-order valence-corrected chi connectivity index (χ3v) is 3.47. The van der Waals surface area contributed by atoms with Crippen molar-refractivity contribution in [1.29, 1.82) is 0 Å².